The van der Waals surface area contributed by atoms with Gasteiger partial charge in [-0.05, 0) is 0 Å². The summed E-state index contributed by atoms with van der Waals surface area (Å²) >= 11 is 0. The summed E-state index contributed by atoms with van der Waals surface area (Å²) in [7, 11) is 0. The predicted octanol–water partition coefficient (Wildman–Crippen LogP) is 0.275. The van der Waals surface area contributed by atoms with Gasteiger partial charge in [-0.15, -0.1) is 0 Å². The quantitative estimate of drug-likeness (QED) is 0.497. The molecule has 0 aromatic heterocycles. The Balaban J connectivity index is 0. The number of hydrogen-bond donors (Lipinski definition) is 0. The standard InChI is InChI=1S/CH4.2Cr.3O/h1H4;;;;;/q;2*+3;3*-2. The maximum Gasteiger partial charge on any atom is 3.00 e. The van der Waals surface area contributed by atoms with E-state index >= 15 is 0 Å². The van der Waals surface area contributed by atoms with Crippen LogP contribution >= 0.6 is 0 Å². The molecule has 0 saturated heterocycles. The summed E-state index contributed by atoms with van der Waals surface area (Å²) in [6.45, 7) is 0. The van der Waals surface area contributed by atoms with Gasteiger partial charge in [-0.3, -0.25) is 0 Å². The van der Waals surface area contributed by atoms with E-state index < -0.39 is 0 Å². The monoisotopic (exact) mass is 168 g/mol. The molecule has 0 aromatic rings. The van der Waals surface area contributed by atoms with Crippen LogP contribution in [0.1, 0.15) is 7.43 Å². The van der Waals surface area contributed by atoms with Crippen molar-refractivity contribution in [2.45, 2.75) is 7.43 Å². The topological polar surface area (TPSA) is 85.5 Å². The second-order valence-electron chi connectivity index (χ2n) is 0. The van der Waals surface area contributed by atoms with Crippen LogP contribution in [0.25, 0.3) is 0 Å². The molecule has 0 spiro atoms. The van der Waals surface area contributed by atoms with Gasteiger partial charge in [0, 0.05) is 0 Å². The molecule has 0 saturated carbocycles. The maximum atomic E-state index is 0. The van der Waals surface area contributed by atoms with Gasteiger partial charge in [0.05, 0.1) is 0 Å². The first-order valence-electron chi connectivity index (χ1n) is 0. The minimum absolute atomic E-state index is 0. The third-order valence-electron chi connectivity index (χ3n) is 0. The Kier molecular flexibility index (Phi) is 7460. The Morgan fingerprint density at radius 3 is 0.500 bits per heavy atom. The zero-order chi connectivity index (χ0) is 0. The van der Waals surface area contributed by atoms with Gasteiger partial charge in [0.25, 0.3) is 0 Å². The van der Waals surface area contributed by atoms with E-state index in [0.717, 1.165) is 0 Å². The molecule has 5 heteroatoms. The maximum absolute atomic E-state index is 0. The molecule has 6 heavy (non-hydrogen) atoms. The first-order chi connectivity index (χ1) is 0. The van der Waals surface area contributed by atoms with Gasteiger partial charge < -0.3 is 16.4 Å². The predicted molar refractivity (Wildman–Crippen MR) is 8.79 cm³/mol. The SMILES string of the molecule is C.[Cr+3].[Cr+3].[O-2].[O-2].[O-2]. The van der Waals surface area contributed by atoms with E-state index in [9.17, 15) is 0 Å². The average Bonchev–Trinajstić information content (AvgIpc) is 0. The molecule has 0 unspecified atom stereocenters. The Morgan fingerprint density at radius 2 is 0.500 bits per heavy atom. The molecule has 0 N–H and O–H groups in total. The Morgan fingerprint density at radius 1 is 0.500 bits per heavy atom. The third kappa shape index (κ3) is 86.2. The van der Waals surface area contributed by atoms with Crippen LogP contribution in [0.3, 0.4) is 0 Å². The van der Waals surface area contributed by atoms with Crippen LogP contribution in [0.4, 0.5) is 0 Å². The molecule has 0 aliphatic rings. The van der Waals surface area contributed by atoms with Crippen molar-refractivity contribution >= 4 is 0 Å². The molecule has 2 radical (unpaired) electrons. The molecule has 0 bridgehead atoms. The Bertz CT molecular complexity index is 8.75. The molecule has 0 amide bonds. The summed E-state index contributed by atoms with van der Waals surface area (Å²) < 4.78 is 0. The fourth-order valence-electron chi connectivity index (χ4n) is 0. The van der Waals surface area contributed by atoms with Crippen molar-refractivity contribution in [3.63, 3.8) is 0 Å². The molecule has 38 valence electrons. The van der Waals surface area contributed by atoms with Gasteiger partial charge >= 0.3 is 34.7 Å². The molecule has 0 aromatic carbocycles. The van der Waals surface area contributed by atoms with Crippen molar-refractivity contribution < 1.29 is 51.2 Å². The van der Waals surface area contributed by atoms with Crippen molar-refractivity contribution in [2.24, 2.45) is 0 Å². The van der Waals surface area contributed by atoms with Gasteiger partial charge in [-0.25, -0.2) is 0 Å². The van der Waals surface area contributed by atoms with Crippen LogP contribution in [-0.4, -0.2) is 0 Å². The van der Waals surface area contributed by atoms with E-state index in [1.165, 1.54) is 0 Å². The molecule has 0 rings (SSSR count). The van der Waals surface area contributed by atoms with Crippen molar-refractivity contribution in [3.05, 3.63) is 0 Å². The first kappa shape index (κ1) is 275. The summed E-state index contributed by atoms with van der Waals surface area (Å²) in [5, 5.41) is 0. The first-order valence-corrected chi connectivity index (χ1v) is 0. The molecular formula is CH4Cr2O3. The number of rotatable bonds is 0. The summed E-state index contributed by atoms with van der Waals surface area (Å²) in [6.07, 6.45) is 0. The van der Waals surface area contributed by atoms with E-state index in [1.54, 1.807) is 0 Å². The summed E-state index contributed by atoms with van der Waals surface area (Å²) in [6, 6.07) is 0. The minimum atomic E-state index is 0. The fraction of sp³-hybridized carbons (Fsp3) is 1.00. The summed E-state index contributed by atoms with van der Waals surface area (Å²) in [4.78, 5) is 0. The molecule has 0 fully saturated rings. The molecule has 0 heterocycles. The van der Waals surface area contributed by atoms with Gasteiger partial charge in [0.15, 0.2) is 0 Å². The Hall–Kier alpha value is 0.945. The molecule has 0 atom stereocenters. The molecule has 0 aliphatic heterocycles. The number of hydrogen-bond acceptors (Lipinski definition) is 0. The normalized spacial score (nSPS) is 0. The molecular weight excluding hydrogens is 164 g/mol. The van der Waals surface area contributed by atoms with Crippen LogP contribution in [0.15, 0.2) is 0 Å². The summed E-state index contributed by atoms with van der Waals surface area (Å²) in [5.74, 6) is 0. The van der Waals surface area contributed by atoms with E-state index in [-0.39, 0.29) is 58.6 Å². The van der Waals surface area contributed by atoms with Gasteiger partial charge in [-0.2, -0.15) is 0 Å². The van der Waals surface area contributed by atoms with E-state index in [0.29, 0.717) is 0 Å². The zero-order valence-electron chi connectivity index (χ0n) is 2.04. The van der Waals surface area contributed by atoms with E-state index in [1.807, 2.05) is 0 Å². The van der Waals surface area contributed by atoms with Crippen molar-refractivity contribution in [2.75, 3.05) is 0 Å². The van der Waals surface area contributed by atoms with Crippen LogP contribution in [-0.2, 0) is 51.2 Å². The van der Waals surface area contributed by atoms with Crippen molar-refractivity contribution in [1.82, 2.24) is 0 Å². The smallest absolute Gasteiger partial charge is 2.00 e. The Labute approximate surface area is 58.9 Å². The fourth-order valence-corrected chi connectivity index (χ4v) is 0. The van der Waals surface area contributed by atoms with E-state index in [2.05, 4.69) is 0 Å². The van der Waals surface area contributed by atoms with Gasteiger partial charge in [-0.1, -0.05) is 7.43 Å². The average molecular weight is 168 g/mol. The van der Waals surface area contributed by atoms with Gasteiger partial charge in [0.1, 0.15) is 0 Å². The summed E-state index contributed by atoms with van der Waals surface area (Å²) in [5.41, 5.74) is 0. The minimum Gasteiger partial charge on any atom is -2.00 e. The van der Waals surface area contributed by atoms with Crippen LogP contribution in [0.2, 0.25) is 0 Å². The van der Waals surface area contributed by atoms with Crippen LogP contribution < -0.4 is 0 Å². The van der Waals surface area contributed by atoms with Crippen LogP contribution in [0.5, 0.6) is 0 Å². The largest absolute Gasteiger partial charge is 3.00 e. The van der Waals surface area contributed by atoms with Gasteiger partial charge in [0.2, 0.25) is 0 Å². The van der Waals surface area contributed by atoms with E-state index in [4.69, 9.17) is 0 Å². The van der Waals surface area contributed by atoms with Crippen molar-refractivity contribution in [3.8, 4) is 0 Å². The zero-order valence-corrected chi connectivity index (χ0v) is 4.59. The van der Waals surface area contributed by atoms with Crippen LogP contribution in [0, 0.1) is 0 Å². The molecule has 3 nitrogen and oxygen atoms in total. The second kappa shape index (κ2) is 163. The third-order valence-corrected chi connectivity index (χ3v) is 0. The second-order valence-corrected chi connectivity index (χ2v) is 0. The van der Waals surface area contributed by atoms with Crippen molar-refractivity contribution in [1.29, 1.82) is 0 Å². The molecule has 0 aliphatic carbocycles.